The number of ketones is 1. The molecule has 3 fully saturated rings. The third-order valence-electron chi connectivity index (χ3n) is 24.9. The van der Waals surface area contributed by atoms with Gasteiger partial charge in [0.15, 0.2) is 5.78 Å². The summed E-state index contributed by atoms with van der Waals surface area (Å²) in [5.41, 5.74) is 8.80. The fourth-order valence-corrected chi connectivity index (χ4v) is 18.0. The molecular formula is C95H139N19O19S. The zero-order valence-electron chi connectivity index (χ0n) is 79.7. The van der Waals surface area contributed by atoms with Gasteiger partial charge in [-0.15, -0.1) is 11.8 Å². The van der Waals surface area contributed by atoms with Gasteiger partial charge in [0.25, 0.3) is 0 Å². The van der Waals surface area contributed by atoms with E-state index in [1.54, 1.807) is 66.2 Å². The topological polar surface area (TPSA) is 519 Å². The number of aromatic amines is 2. The molecular weight excluding hydrogens is 1740 g/mol. The van der Waals surface area contributed by atoms with Crippen molar-refractivity contribution >= 4 is 134 Å². The second-order valence-corrected chi connectivity index (χ2v) is 37.6. The summed E-state index contributed by atoms with van der Waals surface area (Å²) in [6.07, 6.45) is 2.97. The number of thioether (sulfide) groups is 1. The van der Waals surface area contributed by atoms with E-state index >= 15 is 33.6 Å². The van der Waals surface area contributed by atoms with Crippen LogP contribution in [0.25, 0.3) is 21.8 Å². The van der Waals surface area contributed by atoms with Crippen molar-refractivity contribution in [3.8, 4) is 5.75 Å². The highest BCUT2D eigenvalue weighted by Gasteiger charge is 2.46. The van der Waals surface area contributed by atoms with Crippen LogP contribution in [0.2, 0.25) is 0 Å². The third-order valence-corrected chi connectivity index (χ3v) is 25.9. The molecule has 3 aliphatic rings. The zero-order chi connectivity index (χ0) is 98.5. The molecule has 3 aliphatic heterocycles. The first kappa shape index (κ1) is 107. The molecule has 0 bridgehead atoms. The standard InChI is InChI=1S/C95H139N19O19S/c1-15-18-30-75-89(127)104-69(40-55(4)5)88(126)107-74(86(124)100-51-83(121)109(11)38-25-37-108(9)10)53-134-54-82(120)102-71(42-58-33-35-62(115)36-34-58)91(129)110(12)57(8)84(122)105-73(47-80(96)118)93(131)113-39-24-32-76(113)90(128)103-66(17-3)87(125)106-70(41-56(6)7)94(132)114-52-63(116)46-78(114)79(117)45-59(43-60-48-97-67-28-22-20-26-64(60)67)85(123)99-50-81(119)101-72(44-61-49-98-68-29-23-21-27-65(61)68)92(130)112(14)77(31-19-16-2)95(133)111(75)13/h20-23,26-29,33-36,48-49,55-57,59,63,66,69-78,97-98,115-116H,15-19,24-25,30-32,37-47,50-54H2,1-14H3,(H2,96,118)(H,99,123)(H,100,124)(H,101,119)(H,102,120)(H,103,128)(H,104,127)(H,105,122)(H,106,125)(H,107,126)/t57-,59+,63+,66-,69-,70-,71-,72?,73-,74-,75-,76-,77-,78-/m0/s1. The minimum Gasteiger partial charge on any atom is -0.508 e. The van der Waals surface area contributed by atoms with Crippen LogP contribution in [0.4, 0.5) is 0 Å². The van der Waals surface area contributed by atoms with Crippen LogP contribution >= 0.6 is 11.8 Å². The molecule has 16 amide bonds. The maximum Gasteiger partial charge on any atom is 0.246 e. The van der Waals surface area contributed by atoms with Gasteiger partial charge in [-0.2, -0.15) is 0 Å². The lowest BCUT2D eigenvalue weighted by Gasteiger charge is -2.36. The number of unbranched alkanes of at least 4 members (excludes halogenated alkanes) is 2. The smallest absolute Gasteiger partial charge is 0.246 e. The van der Waals surface area contributed by atoms with Crippen molar-refractivity contribution in [3.05, 3.63) is 102 Å². The number of aliphatic hydroxyl groups is 1. The van der Waals surface area contributed by atoms with Crippen LogP contribution in [0.1, 0.15) is 168 Å². The Morgan fingerprint density at radius 1 is 0.567 bits per heavy atom. The number of rotatable bonds is 26. The van der Waals surface area contributed by atoms with Gasteiger partial charge < -0.3 is 108 Å². The third kappa shape index (κ3) is 30.5. The molecule has 0 spiro atoms. The molecule has 134 heavy (non-hydrogen) atoms. The van der Waals surface area contributed by atoms with Crippen LogP contribution in [-0.2, 0) is 101 Å². The molecule has 3 aromatic carbocycles. The van der Waals surface area contributed by atoms with Gasteiger partial charge in [-0.05, 0) is 138 Å². The first-order valence-corrected chi connectivity index (χ1v) is 47.7. The minimum absolute atomic E-state index is 0.00156. The quantitative estimate of drug-likeness (QED) is 0.0376. The summed E-state index contributed by atoms with van der Waals surface area (Å²) in [5.74, 6) is -16.3. The van der Waals surface area contributed by atoms with Gasteiger partial charge in [0, 0.05) is 119 Å². The molecule has 5 heterocycles. The first-order chi connectivity index (χ1) is 63.6. The lowest BCUT2D eigenvalue weighted by molar-refractivity contribution is -0.149. The summed E-state index contributed by atoms with van der Waals surface area (Å²) in [7, 11) is 9.44. The molecule has 5 aromatic rings. The van der Waals surface area contributed by atoms with Gasteiger partial charge in [-0.1, -0.05) is 123 Å². The van der Waals surface area contributed by atoms with Crippen LogP contribution in [0.5, 0.6) is 5.75 Å². The van der Waals surface area contributed by atoms with E-state index in [1.807, 2.05) is 69.2 Å². The first-order valence-electron chi connectivity index (χ1n) is 46.5. The number of para-hydroxylation sites is 2. The van der Waals surface area contributed by atoms with Crippen molar-refractivity contribution in [1.82, 2.24) is 92.1 Å². The van der Waals surface area contributed by atoms with Gasteiger partial charge >= 0.3 is 0 Å². The number of likely N-dealkylation sites (N-methyl/N-ethyl adjacent to an activating group) is 4. The van der Waals surface area contributed by atoms with Crippen molar-refractivity contribution in [3.63, 3.8) is 0 Å². The van der Waals surface area contributed by atoms with Crippen molar-refractivity contribution in [1.29, 1.82) is 0 Å². The number of primary amides is 1. The number of phenols is 1. The number of nitrogens with two attached hydrogens (primary N) is 1. The molecule has 8 rings (SSSR count). The Balaban J connectivity index is 1.17. The maximum absolute atomic E-state index is 15.7. The number of aromatic nitrogens is 2. The fraction of sp³-hybridized carbons (Fsp3) is 0.589. The predicted octanol–water partition coefficient (Wildman–Crippen LogP) is 1.95. The molecule has 2 aromatic heterocycles. The van der Waals surface area contributed by atoms with Crippen molar-refractivity contribution < 1.29 is 91.7 Å². The maximum atomic E-state index is 15.7. The highest BCUT2D eigenvalue weighted by atomic mass is 32.2. The molecule has 0 radical (unpaired) electrons. The number of hydrogen-bond donors (Lipinski definition) is 14. The average molecular weight is 1880 g/mol. The van der Waals surface area contributed by atoms with Crippen LogP contribution in [0, 0.1) is 17.8 Å². The molecule has 1 unspecified atom stereocenters. The Bertz CT molecular complexity index is 4940. The van der Waals surface area contributed by atoms with E-state index in [2.05, 4.69) is 57.8 Å². The van der Waals surface area contributed by atoms with Gasteiger partial charge in [0.05, 0.1) is 37.4 Å². The highest BCUT2D eigenvalue weighted by Crippen LogP contribution is 2.30. The van der Waals surface area contributed by atoms with Crippen molar-refractivity contribution in [2.75, 3.05) is 93.1 Å². The molecule has 3 saturated heterocycles. The lowest BCUT2D eigenvalue weighted by Crippen LogP contribution is -2.60. The van der Waals surface area contributed by atoms with Crippen molar-refractivity contribution in [2.45, 2.75) is 250 Å². The Kier molecular flexibility index (Phi) is 41.2. The van der Waals surface area contributed by atoms with E-state index in [0.29, 0.717) is 78.3 Å². The van der Waals surface area contributed by atoms with Crippen molar-refractivity contribution in [2.24, 2.45) is 23.5 Å². The van der Waals surface area contributed by atoms with E-state index in [1.165, 1.54) is 71.9 Å². The van der Waals surface area contributed by atoms with Crippen LogP contribution in [0.15, 0.2) is 85.2 Å². The van der Waals surface area contributed by atoms with E-state index in [-0.39, 0.29) is 107 Å². The van der Waals surface area contributed by atoms with Gasteiger partial charge in [0.2, 0.25) is 94.5 Å². The lowest BCUT2D eigenvalue weighted by atomic mass is 9.90. The van der Waals surface area contributed by atoms with Crippen LogP contribution in [0.3, 0.4) is 0 Å². The molecule has 15 N–H and O–H groups in total. The summed E-state index contributed by atoms with van der Waals surface area (Å²) < 4.78 is 0. The predicted molar refractivity (Wildman–Crippen MR) is 505 cm³/mol. The minimum atomic E-state index is -1.72. The highest BCUT2D eigenvalue weighted by molar-refractivity contribution is 8.00. The number of carbonyl (C=O) groups is 17. The van der Waals surface area contributed by atoms with Crippen LogP contribution in [-0.4, -0.2) is 326 Å². The number of H-pyrrole nitrogens is 2. The number of carbonyl (C=O) groups excluding carboxylic acids is 17. The number of phenolic OH excluding ortho intramolecular Hbond substituents is 1. The second kappa shape index (κ2) is 51.5. The number of benzene rings is 3. The van der Waals surface area contributed by atoms with E-state index in [0.717, 1.165) is 26.9 Å². The van der Waals surface area contributed by atoms with E-state index < -0.39 is 217 Å². The number of fused-ring (bicyclic) bond motifs is 4. The molecule has 0 saturated carbocycles. The average Bonchev–Trinajstić information content (AvgIpc) is 1.54. The monoisotopic (exact) mass is 1880 g/mol. The molecule has 0 aliphatic carbocycles. The Morgan fingerprint density at radius 2 is 1.12 bits per heavy atom. The number of aromatic hydroxyl groups is 1. The molecule has 38 nitrogen and oxygen atoms in total. The Hall–Kier alpha value is -12.0. The molecule has 734 valence electrons. The Morgan fingerprint density at radius 3 is 1.73 bits per heavy atom. The summed E-state index contributed by atoms with van der Waals surface area (Å²) in [6.45, 7) is 13.2. The molecule has 39 heteroatoms. The largest absolute Gasteiger partial charge is 0.508 e. The number of Topliss-reactive ketones (excluding diaryl/α,β-unsaturated/α-hetero) is 1. The number of aliphatic hydroxyl groups excluding tert-OH is 1. The summed E-state index contributed by atoms with van der Waals surface area (Å²) >= 11 is 0.848. The Labute approximate surface area is 787 Å². The number of nitrogens with zero attached hydrogens (tertiary/aromatic N) is 7. The number of amides is 16. The van der Waals surface area contributed by atoms with E-state index in [4.69, 9.17) is 5.73 Å². The number of hydrogen-bond acceptors (Lipinski definition) is 21. The summed E-state index contributed by atoms with van der Waals surface area (Å²) in [4.78, 5) is 266. The van der Waals surface area contributed by atoms with Gasteiger partial charge in [-0.3, -0.25) is 81.5 Å². The fourth-order valence-electron chi connectivity index (χ4n) is 17.2. The van der Waals surface area contributed by atoms with Gasteiger partial charge in [-0.25, -0.2) is 0 Å². The number of nitrogens with one attached hydrogen (secondary N) is 11. The zero-order valence-corrected chi connectivity index (χ0v) is 80.5. The molecule has 14 atom stereocenters. The van der Waals surface area contributed by atoms with Crippen LogP contribution < -0.4 is 53.6 Å². The van der Waals surface area contributed by atoms with E-state index in [9.17, 15) is 58.2 Å². The normalized spacial score (nSPS) is 24.5. The van der Waals surface area contributed by atoms with Gasteiger partial charge in [0.1, 0.15) is 72.2 Å². The summed E-state index contributed by atoms with van der Waals surface area (Å²) in [6, 6.07) is 3.34. The SMILES string of the molecule is CCCC[C@H]1C(=O)N(C)[C@@H](CCCC)C(=O)N[C@@H](CC(C)C)C(=O)N[C@H](C(=O)NCC(=O)N(C)CCCN(C)C)CSCC(=O)N[C@@H](Cc2ccc(O)cc2)C(=O)N(C)[C@@H](C)C(=O)N[C@@H](CC(N)=O)C(=O)N2CCC[C@H]2C(=O)N[C@@H](CC)C(=O)N[C@@H](CC(C)C)C(=O)N2C[C@H](O)C[C@H]2C(=O)C[C@@H](Cc2c[nH]c3ccccc23)C(=O)NCC(=O)NC(Cc2c[nH]c3ccccc23)C(=O)N1C. The second-order valence-electron chi connectivity index (χ2n) is 36.6. The summed E-state index contributed by atoms with van der Waals surface area (Å²) in [5, 5.41) is 47.7.